The van der Waals surface area contributed by atoms with Crippen LogP contribution in [-0.4, -0.2) is 66.7 Å². The lowest BCUT2D eigenvalue weighted by atomic mass is 10.1. The second-order valence-corrected chi connectivity index (χ2v) is 6.03. The largest absolute Gasteiger partial charge is 0.364 e. The maximum atomic E-state index is 12.5. The van der Waals surface area contributed by atoms with Gasteiger partial charge >= 0.3 is 0 Å². The quantitative estimate of drug-likeness (QED) is 0.776. The first-order chi connectivity index (χ1) is 9.28. The SMILES string of the molecule is NCC1CCC(C(=O)N2CCCN3CCCC3C2)O1. The number of fused-ring (bicyclic) bond motifs is 1. The molecule has 0 bridgehead atoms. The zero-order valence-electron chi connectivity index (χ0n) is 11.6. The van der Waals surface area contributed by atoms with Gasteiger partial charge in [-0.2, -0.15) is 0 Å². The van der Waals surface area contributed by atoms with E-state index in [0.29, 0.717) is 12.6 Å². The van der Waals surface area contributed by atoms with Gasteiger partial charge in [0.1, 0.15) is 6.10 Å². The zero-order chi connectivity index (χ0) is 13.2. The number of carbonyl (C=O) groups is 1. The molecule has 3 heterocycles. The van der Waals surface area contributed by atoms with Crippen molar-refractivity contribution in [3.8, 4) is 0 Å². The van der Waals surface area contributed by atoms with Gasteiger partial charge in [-0.1, -0.05) is 0 Å². The predicted molar refractivity (Wildman–Crippen MR) is 72.7 cm³/mol. The molecule has 108 valence electrons. The van der Waals surface area contributed by atoms with E-state index in [-0.39, 0.29) is 18.1 Å². The van der Waals surface area contributed by atoms with Crippen LogP contribution in [0.3, 0.4) is 0 Å². The van der Waals surface area contributed by atoms with E-state index in [2.05, 4.69) is 4.90 Å². The second-order valence-electron chi connectivity index (χ2n) is 6.03. The van der Waals surface area contributed by atoms with Crippen LogP contribution in [0.2, 0.25) is 0 Å². The molecule has 3 unspecified atom stereocenters. The van der Waals surface area contributed by atoms with Crippen LogP contribution in [0.25, 0.3) is 0 Å². The fourth-order valence-electron chi connectivity index (χ4n) is 3.67. The maximum absolute atomic E-state index is 12.5. The summed E-state index contributed by atoms with van der Waals surface area (Å²) in [5, 5.41) is 0. The Hall–Kier alpha value is -0.650. The monoisotopic (exact) mass is 267 g/mol. The average Bonchev–Trinajstić information content (AvgIpc) is 3.03. The van der Waals surface area contributed by atoms with E-state index in [1.54, 1.807) is 0 Å². The van der Waals surface area contributed by atoms with Crippen LogP contribution < -0.4 is 5.73 Å². The van der Waals surface area contributed by atoms with Crippen LogP contribution in [0.5, 0.6) is 0 Å². The highest BCUT2D eigenvalue weighted by Crippen LogP contribution is 2.25. The Labute approximate surface area is 115 Å². The molecule has 0 radical (unpaired) electrons. The van der Waals surface area contributed by atoms with Crippen molar-refractivity contribution in [2.75, 3.05) is 32.7 Å². The van der Waals surface area contributed by atoms with Gasteiger partial charge < -0.3 is 15.4 Å². The van der Waals surface area contributed by atoms with Crippen LogP contribution in [0.4, 0.5) is 0 Å². The van der Waals surface area contributed by atoms with Crippen LogP contribution in [0.15, 0.2) is 0 Å². The minimum absolute atomic E-state index is 0.0870. The molecule has 1 amide bonds. The standard InChI is InChI=1S/C14H25N3O2/c15-9-12-4-5-13(19-12)14(18)17-8-2-7-16-6-1-3-11(16)10-17/h11-13H,1-10,15H2. The van der Waals surface area contributed by atoms with Gasteiger partial charge in [0.05, 0.1) is 6.10 Å². The normalized spacial score (nSPS) is 36.3. The molecule has 0 spiro atoms. The number of hydrogen-bond donors (Lipinski definition) is 1. The van der Waals surface area contributed by atoms with Gasteiger partial charge in [-0.25, -0.2) is 0 Å². The average molecular weight is 267 g/mol. The summed E-state index contributed by atoms with van der Waals surface area (Å²) in [6.45, 7) is 4.67. The zero-order valence-corrected chi connectivity index (χ0v) is 11.6. The van der Waals surface area contributed by atoms with Crippen molar-refractivity contribution >= 4 is 5.91 Å². The van der Waals surface area contributed by atoms with E-state index in [9.17, 15) is 4.79 Å². The Kier molecular flexibility index (Phi) is 4.05. The number of rotatable bonds is 2. The first-order valence-electron chi connectivity index (χ1n) is 7.66. The minimum Gasteiger partial charge on any atom is -0.364 e. The van der Waals surface area contributed by atoms with Crippen molar-refractivity contribution in [3.63, 3.8) is 0 Å². The Morgan fingerprint density at radius 1 is 1.16 bits per heavy atom. The van der Waals surface area contributed by atoms with Gasteiger partial charge in [-0.05, 0) is 38.6 Å². The van der Waals surface area contributed by atoms with Crippen molar-refractivity contribution < 1.29 is 9.53 Å². The third kappa shape index (κ3) is 2.78. The molecule has 0 aromatic heterocycles. The fourth-order valence-corrected chi connectivity index (χ4v) is 3.67. The number of carbonyl (C=O) groups excluding carboxylic acids is 1. The maximum Gasteiger partial charge on any atom is 0.251 e. The molecule has 5 nitrogen and oxygen atoms in total. The first-order valence-corrected chi connectivity index (χ1v) is 7.66. The van der Waals surface area contributed by atoms with E-state index in [1.165, 1.54) is 19.4 Å². The van der Waals surface area contributed by atoms with E-state index in [0.717, 1.165) is 38.9 Å². The highest BCUT2D eigenvalue weighted by molar-refractivity contribution is 5.81. The molecule has 3 fully saturated rings. The molecule has 3 aliphatic rings. The summed E-state index contributed by atoms with van der Waals surface area (Å²) in [6.07, 6.45) is 5.23. The number of nitrogens with two attached hydrogens (primary N) is 1. The van der Waals surface area contributed by atoms with Crippen LogP contribution in [0, 0.1) is 0 Å². The number of ether oxygens (including phenoxy) is 1. The number of hydrogen-bond acceptors (Lipinski definition) is 4. The van der Waals surface area contributed by atoms with Gasteiger partial charge in [0, 0.05) is 32.2 Å². The topological polar surface area (TPSA) is 58.8 Å². The summed E-state index contributed by atoms with van der Waals surface area (Å²) >= 11 is 0. The summed E-state index contributed by atoms with van der Waals surface area (Å²) in [4.78, 5) is 17.1. The summed E-state index contributed by atoms with van der Waals surface area (Å²) in [5.41, 5.74) is 5.61. The molecular formula is C14H25N3O2. The van der Waals surface area contributed by atoms with E-state index in [4.69, 9.17) is 10.5 Å². The van der Waals surface area contributed by atoms with Gasteiger partial charge in [-0.15, -0.1) is 0 Å². The van der Waals surface area contributed by atoms with Gasteiger partial charge in [0.15, 0.2) is 0 Å². The fraction of sp³-hybridized carbons (Fsp3) is 0.929. The lowest BCUT2D eigenvalue weighted by Crippen LogP contribution is -2.44. The van der Waals surface area contributed by atoms with Crippen molar-refractivity contribution in [2.45, 2.75) is 50.4 Å². The minimum atomic E-state index is -0.235. The van der Waals surface area contributed by atoms with Crippen molar-refractivity contribution in [1.29, 1.82) is 0 Å². The van der Waals surface area contributed by atoms with Gasteiger partial charge in [0.25, 0.3) is 5.91 Å². The molecule has 2 N–H and O–H groups in total. The molecule has 3 aliphatic heterocycles. The third-order valence-electron chi connectivity index (χ3n) is 4.76. The second kappa shape index (κ2) is 5.77. The third-order valence-corrected chi connectivity index (χ3v) is 4.76. The lowest BCUT2D eigenvalue weighted by molar-refractivity contribution is -0.143. The molecule has 0 aromatic rings. The molecule has 0 saturated carbocycles. The Bertz CT molecular complexity index is 337. The number of nitrogens with zero attached hydrogens (tertiary/aromatic N) is 2. The molecular weight excluding hydrogens is 242 g/mol. The van der Waals surface area contributed by atoms with Crippen LogP contribution in [0.1, 0.15) is 32.1 Å². The Morgan fingerprint density at radius 3 is 2.79 bits per heavy atom. The highest BCUT2D eigenvalue weighted by Gasteiger charge is 2.36. The Morgan fingerprint density at radius 2 is 2.00 bits per heavy atom. The molecule has 0 aromatic carbocycles. The van der Waals surface area contributed by atoms with E-state index < -0.39 is 0 Å². The van der Waals surface area contributed by atoms with Crippen LogP contribution >= 0.6 is 0 Å². The van der Waals surface area contributed by atoms with Crippen molar-refractivity contribution in [3.05, 3.63) is 0 Å². The summed E-state index contributed by atoms with van der Waals surface area (Å²) in [6, 6.07) is 0.582. The predicted octanol–water partition coefficient (Wildman–Crippen LogP) is 0.189. The van der Waals surface area contributed by atoms with E-state index in [1.807, 2.05) is 4.90 Å². The molecule has 3 rings (SSSR count). The summed E-state index contributed by atoms with van der Waals surface area (Å²) in [5.74, 6) is 0.199. The molecule has 19 heavy (non-hydrogen) atoms. The van der Waals surface area contributed by atoms with E-state index >= 15 is 0 Å². The molecule has 5 heteroatoms. The highest BCUT2D eigenvalue weighted by atomic mass is 16.5. The van der Waals surface area contributed by atoms with Gasteiger partial charge in [-0.3, -0.25) is 9.69 Å². The molecule has 3 saturated heterocycles. The molecule has 0 aliphatic carbocycles. The van der Waals surface area contributed by atoms with Crippen molar-refractivity contribution in [2.24, 2.45) is 5.73 Å². The number of amides is 1. The molecule has 3 atom stereocenters. The van der Waals surface area contributed by atoms with Crippen molar-refractivity contribution in [1.82, 2.24) is 9.80 Å². The van der Waals surface area contributed by atoms with Crippen LogP contribution in [-0.2, 0) is 9.53 Å². The Balaban J connectivity index is 1.60. The first kappa shape index (κ1) is 13.3. The lowest BCUT2D eigenvalue weighted by Gasteiger charge is -2.27. The smallest absolute Gasteiger partial charge is 0.251 e. The summed E-state index contributed by atoms with van der Waals surface area (Å²) < 4.78 is 5.75. The van der Waals surface area contributed by atoms with Gasteiger partial charge in [0.2, 0.25) is 0 Å². The summed E-state index contributed by atoms with van der Waals surface area (Å²) in [7, 11) is 0.